The van der Waals surface area contributed by atoms with Crippen LogP contribution in [0.25, 0.3) is 0 Å². The van der Waals surface area contributed by atoms with E-state index in [-0.39, 0.29) is 6.04 Å². The minimum atomic E-state index is 0.266. The largest absolute Gasteiger partial charge is 0.399 e. The minimum Gasteiger partial charge on any atom is -0.399 e. The van der Waals surface area contributed by atoms with E-state index in [0.717, 1.165) is 24.1 Å². The summed E-state index contributed by atoms with van der Waals surface area (Å²) in [6.45, 7) is 4.04. The normalized spacial score (nSPS) is 12.8. The summed E-state index contributed by atoms with van der Waals surface area (Å²) in [5, 5.41) is 0. The number of rotatable bonds is 3. The lowest BCUT2D eigenvalue weighted by molar-refractivity contribution is 0.666. The molecule has 1 atom stereocenters. The van der Waals surface area contributed by atoms with E-state index in [0.29, 0.717) is 0 Å². The minimum absolute atomic E-state index is 0.266. The molecule has 0 aliphatic rings. The second-order valence-corrected chi connectivity index (χ2v) is 3.71. The number of anilines is 1. The Morgan fingerprint density at radius 2 is 2.08 bits per heavy atom. The van der Waals surface area contributed by atoms with Crippen molar-refractivity contribution in [1.29, 1.82) is 0 Å². The first-order chi connectivity index (χ1) is 6.09. The molecular weight excluding hydrogens is 160 g/mol. The fraction of sp³-hybridized carbons (Fsp3) is 0.455. The van der Waals surface area contributed by atoms with E-state index in [1.165, 1.54) is 5.56 Å². The summed E-state index contributed by atoms with van der Waals surface area (Å²) in [7, 11) is 0. The predicted octanol–water partition coefficient (Wildman–Crippen LogP) is 1.86. The number of nitrogen functional groups attached to an aromatic ring is 1. The van der Waals surface area contributed by atoms with Gasteiger partial charge in [0.05, 0.1) is 0 Å². The Morgan fingerprint density at radius 3 is 2.62 bits per heavy atom. The quantitative estimate of drug-likeness (QED) is 0.694. The second kappa shape index (κ2) is 4.28. The van der Waals surface area contributed by atoms with Gasteiger partial charge in [-0.2, -0.15) is 0 Å². The zero-order chi connectivity index (χ0) is 9.84. The third-order valence-electron chi connectivity index (χ3n) is 2.23. The first kappa shape index (κ1) is 10.1. The molecule has 0 unspecified atom stereocenters. The van der Waals surface area contributed by atoms with Crippen molar-refractivity contribution in [3.8, 4) is 0 Å². The zero-order valence-electron chi connectivity index (χ0n) is 8.38. The van der Waals surface area contributed by atoms with Crippen LogP contribution < -0.4 is 11.5 Å². The Balaban J connectivity index is 2.63. The topological polar surface area (TPSA) is 52.0 Å². The number of hydrogen-bond donors (Lipinski definition) is 2. The van der Waals surface area contributed by atoms with Gasteiger partial charge < -0.3 is 11.5 Å². The fourth-order valence-corrected chi connectivity index (χ4v) is 1.24. The van der Waals surface area contributed by atoms with Crippen molar-refractivity contribution in [3.05, 3.63) is 29.3 Å². The molecule has 0 radical (unpaired) electrons. The Bertz CT molecular complexity index is 279. The molecule has 0 saturated heterocycles. The van der Waals surface area contributed by atoms with Gasteiger partial charge in [-0.3, -0.25) is 0 Å². The highest BCUT2D eigenvalue weighted by Crippen LogP contribution is 2.14. The molecule has 1 rings (SSSR count). The van der Waals surface area contributed by atoms with Crippen LogP contribution in [0.3, 0.4) is 0 Å². The van der Waals surface area contributed by atoms with Gasteiger partial charge in [0.15, 0.2) is 0 Å². The molecule has 0 aliphatic carbocycles. The van der Waals surface area contributed by atoms with Gasteiger partial charge in [0, 0.05) is 11.7 Å². The first-order valence-electron chi connectivity index (χ1n) is 4.70. The van der Waals surface area contributed by atoms with Gasteiger partial charge in [-0.1, -0.05) is 12.1 Å². The highest BCUT2D eigenvalue weighted by Gasteiger charge is 1.99. The van der Waals surface area contributed by atoms with Crippen LogP contribution >= 0.6 is 0 Å². The highest BCUT2D eigenvalue weighted by molar-refractivity contribution is 5.48. The number of aryl methyl sites for hydroxylation is 2. The lowest BCUT2D eigenvalue weighted by Gasteiger charge is -2.06. The molecule has 4 N–H and O–H groups in total. The first-order valence-corrected chi connectivity index (χ1v) is 4.70. The van der Waals surface area contributed by atoms with Crippen LogP contribution in [0.5, 0.6) is 0 Å². The van der Waals surface area contributed by atoms with Gasteiger partial charge in [0.25, 0.3) is 0 Å². The number of benzene rings is 1. The Hall–Kier alpha value is -1.02. The maximum absolute atomic E-state index is 5.80. The van der Waals surface area contributed by atoms with Gasteiger partial charge in [0.2, 0.25) is 0 Å². The summed E-state index contributed by atoms with van der Waals surface area (Å²) < 4.78 is 0. The van der Waals surface area contributed by atoms with Gasteiger partial charge in [-0.25, -0.2) is 0 Å². The van der Waals surface area contributed by atoms with Crippen LogP contribution in [0.2, 0.25) is 0 Å². The third kappa shape index (κ3) is 3.07. The van der Waals surface area contributed by atoms with Crippen molar-refractivity contribution in [1.82, 2.24) is 0 Å². The summed E-state index contributed by atoms with van der Waals surface area (Å²) in [5.74, 6) is 0. The lowest BCUT2D eigenvalue weighted by Crippen LogP contribution is -2.15. The average Bonchev–Trinajstić information content (AvgIpc) is 2.07. The van der Waals surface area contributed by atoms with Crippen LogP contribution in [0, 0.1) is 6.92 Å². The Morgan fingerprint density at radius 1 is 1.38 bits per heavy atom. The Labute approximate surface area is 79.9 Å². The molecule has 1 aromatic rings. The van der Waals surface area contributed by atoms with Gasteiger partial charge in [0.1, 0.15) is 0 Å². The molecule has 0 aromatic heterocycles. The van der Waals surface area contributed by atoms with Crippen molar-refractivity contribution < 1.29 is 0 Å². The lowest BCUT2D eigenvalue weighted by atomic mass is 10.0. The predicted molar refractivity (Wildman–Crippen MR) is 57.6 cm³/mol. The molecule has 0 heterocycles. The summed E-state index contributed by atoms with van der Waals surface area (Å²) >= 11 is 0. The molecule has 13 heavy (non-hydrogen) atoms. The van der Waals surface area contributed by atoms with E-state index in [4.69, 9.17) is 11.5 Å². The van der Waals surface area contributed by atoms with Crippen LogP contribution in [0.15, 0.2) is 18.2 Å². The molecule has 0 fully saturated rings. The van der Waals surface area contributed by atoms with E-state index in [1.807, 2.05) is 19.9 Å². The second-order valence-electron chi connectivity index (χ2n) is 3.71. The van der Waals surface area contributed by atoms with Crippen LogP contribution in [0.4, 0.5) is 5.69 Å². The average molecular weight is 178 g/mol. The van der Waals surface area contributed by atoms with E-state index in [9.17, 15) is 0 Å². The molecular formula is C11H18N2. The van der Waals surface area contributed by atoms with Crippen molar-refractivity contribution in [2.24, 2.45) is 5.73 Å². The van der Waals surface area contributed by atoms with Crippen LogP contribution in [-0.2, 0) is 6.42 Å². The summed E-state index contributed by atoms with van der Waals surface area (Å²) in [6.07, 6.45) is 2.03. The molecule has 0 aliphatic heterocycles. The maximum Gasteiger partial charge on any atom is 0.0346 e. The number of nitrogens with two attached hydrogens (primary N) is 2. The highest BCUT2D eigenvalue weighted by atomic mass is 14.6. The molecule has 1 aromatic carbocycles. The van der Waals surface area contributed by atoms with Crippen LogP contribution in [0.1, 0.15) is 24.5 Å². The van der Waals surface area contributed by atoms with E-state index < -0.39 is 0 Å². The molecule has 72 valence electrons. The third-order valence-corrected chi connectivity index (χ3v) is 2.23. The van der Waals surface area contributed by atoms with Gasteiger partial charge >= 0.3 is 0 Å². The molecule has 2 heteroatoms. The zero-order valence-corrected chi connectivity index (χ0v) is 8.38. The standard InChI is InChI=1S/C11H18N2/c1-8-3-5-10(7-11(8)13)6-4-9(2)12/h3,5,7,9H,4,6,12-13H2,1-2H3/t9-/m1/s1. The molecule has 2 nitrogen and oxygen atoms in total. The summed E-state index contributed by atoms with van der Waals surface area (Å²) in [6, 6.07) is 6.49. The van der Waals surface area contributed by atoms with Crippen molar-refractivity contribution >= 4 is 5.69 Å². The van der Waals surface area contributed by atoms with Gasteiger partial charge in [-0.05, 0) is 43.9 Å². The SMILES string of the molecule is Cc1ccc(CC[C@@H](C)N)cc1N. The molecule has 0 spiro atoms. The van der Waals surface area contributed by atoms with Crippen molar-refractivity contribution in [2.45, 2.75) is 32.7 Å². The van der Waals surface area contributed by atoms with Crippen molar-refractivity contribution in [3.63, 3.8) is 0 Å². The maximum atomic E-state index is 5.80. The molecule has 0 bridgehead atoms. The summed E-state index contributed by atoms with van der Waals surface area (Å²) in [5.41, 5.74) is 14.8. The summed E-state index contributed by atoms with van der Waals surface area (Å²) in [4.78, 5) is 0. The van der Waals surface area contributed by atoms with Crippen LogP contribution in [-0.4, -0.2) is 6.04 Å². The van der Waals surface area contributed by atoms with Crippen molar-refractivity contribution in [2.75, 3.05) is 5.73 Å². The van der Waals surface area contributed by atoms with E-state index in [2.05, 4.69) is 12.1 Å². The van der Waals surface area contributed by atoms with E-state index in [1.54, 1.807) is 0 Å². The smallest absolute Gasteiger partial charge is 0.0346 e. The fourth-order valence-electron chi connectivity index (χ4n) is 1.24. The van der Waals surface area contributed by atoms with E-state index >= 15 is 0 Å². The monoisotopic (exact) mass is 178 g/mol. The number of hydrogen-bond acceptors (Lipinski definition) is 2. The van der Waals surface area contributed by atoms with Gasteiger partial charge in [-0.15, -0.1) is 0 Å². The molecule has 0 amide bonds. The Kier molecular flexibility index (Phi) is 3.32. The molecule has 0 saturated carbocycles.